The summed E-state index contributed by atoms with van der Waals surface area (Å²) in [4.78, 5) is 13.5. The molecule has 3 nitrogen and oxygen atoms in total. The molecule has 1 saturated heterocycles. The summed E-state index contributed by atoms with van der Waals surface area (Å²) >= 11 is 0. The van der Waals surface area contributed by atoms with Gasteiger partial charge in [-0.25, -0.2) is 0 Å². The van der Waals surface area contributed by atoms with E-state index in [1.807, 2.05) is 18.7 Å². The third kappa shape index (κ3) is 1.78. The first-order chi connectivity index (χ1) is 5.58. The molecule has 0 unspecified atom stereocenters. The van der Waals surface area contributed by atoms with Crippen molar-refractivity contribution < 1.29 is 4.79 Å². The molecule has 1 aliphatic rings. The lowest BCUT2D eigenvalue weighted by atomic mass is 9.92. The molecule has 0 bridgehead atoms. The summed E-state index contributed by atoms with van der Waals surface area (Å²) in [6, 6.07) is 0. The van der Waals surface area contributed by atoms with E-state index < -0.39 is 0 Å². The second-order valence-corrected chi connectivity index (χ2v) is 4.07. The zero-order chi connectivity index (χ0) is 9.19. The van der Waals surface area contributed by atoms with Gasteiger partial charge < -0.3 is 10.6 Å². The van der Waals surface area contributed by atoms with Crippen molar-refractivity contribution in [1.82, 2.24) is 4.90 Å². The number of carbonyl (C=O) groups excluding carboxylic acids is 1. The number of rotatable bonds is 3. The van der Waals surface area contributed by atoms with Crippen molar-refractivity contribution >= 4 is 5.91 Å². The maximum Gasteiger partial charge on any atom is 0.228 e. The molecule has 0 saturated carbocycles. The summed E-state index contributed by atoms with van der Waals surface area (Å²) in [6.45, 7) is 6.43. The second-order valence-electron chi connectivity index (χ2n) is 4.07. The van der Waals surface area contributed by atoms with Crippen LogP contribution in [0.5, 0.6) is 0 Å². The molecule has 0 spiro atoms. The van der Waals surface area contributed by atoms with Crippen LogP contribution in [-0.2, 0) is 4.79 Å². The average molecular weight is 170 g/mol. The highest BCUT2D eigenvalue weighted by Gasteiger charge is 2.37. The smallest absolute Gasteiger partial charge is 0.228 e. The first-order valence-electron chi connectivity index (χ1n) is 4.57. The van der Waals surface area contributed by atoms with Crippen LogP contribution in [0, 0.1) is 5.41 Å². The third-order valence-corrected chi connectivity index (χ3v) is 2.51. The fourth-order valence-electron chi connectivity index (χ4n) is 1.55. The van der Waals surface area contributed by atoms with Gasteiger partial charge in [0.15, 0.2) is 0 Å². The van der Waals surface area contributed by atoms with E-state index in [-0.39, 0.29) is 11.3 Å². The van der Waals surface area contributed by atoms with Gasteiger partial charge in [0.25, 0.3) is 0 Å². The number of nitrogens with zero attached hydrogens (tertiary/aromatic N) is 1. The average Bonchev–Trinajstić information content (AvgIpc) is 2.26. The van der Waals surface area contributed by atoms with Crippen molar-refractivity contribution in [3.05, 3.63) is 0 Å². The maximum absolute atomic E-state index is 11.6. The summed E-state index contributed by atoms with van der Waals surface area (Å²) in [5.74, 6) is 0.288. The van der Waals surface area contributed by atoms with Crippen LogP contribution in [0.4, 0.5) is 0 Å². The molecule has 1 amide bonds. The lowest BCUT2D eigenvalue weighted by Gasteiger charge is -2.18. The molecule has 1 aliphatic heterocycles. The number of amides is 1. The number of hydrogen-bond acceptors (Lipinski definition) is 2. The van der Waals surface area contributed by atoms with Crippen LogP contribution in [0.15, 0.2) is 0 Å². The standard InChI is InChI=1S/C9H18N2O/c1-9(2)4-7-11(8(9)12)6-3-5-10/h3-7,10H2,1-2H3. The summed E-state index contributed by atoms with van der Waals surface area (Å²) in [6.07, 6.45) is 1.90. The van der Waals surface area contributed by atoms with Crippen molar-refractivity contribution in [1.29, 1.82) is 0 Å². The van der Waals surface area contributed by atoms with E-state index in [1.165, 1.54) is 0 Å². The van der Waals surface area contributed by atoms with Gasteiger partial charge in [0.05, 0.1) is 0 Å². The van der Waals surface area contributed by atoms with Gasteiger partial charge in [-0.3, -0.25) is 4.79 Å². The predicted molar refractivity (Wildman–Crippen MR) is 48.6 cm³/mol. The Hall–Kier alpha value is -0.570. The van der Waals surface area contributed by atoms with Gasteiger partial charge in [-0.05, 0) is 19.4 Å². The van der Waals surface area contributed by atoms with E-state index in [1.54, 1.807) is 0 Å². The molecule has 1 rings (SSSR count). The Kier molecular flexibility index (Phi) is 2.73. The van der Waals surface area contributed by atoms with E-state index in [4.69, 9.17) is 5.73 Å². The van der Waals surface area contributed by atoms with E-state index in [9.17, 15) is 4.79 Å². The molecule has 3 heteroatoms. The van der Waals surface area contributed by atoms with Crippen molar-refractivity contribution in [3.63, 3.8) is 0 Å². The quantitative estimate of drug-likeness (QED) is 0.674. The predicted octanol–water partition coefficient (Wildman–Crippen LogP) is 0.594. The van der Waals surface area contributed by atoms with Crippen LogP contribution in [0.25, 0.3) is 0 Å². The Morgan fingerprint density at radius 1 is 1.58 bits per heavy atom. The summed E-state index contributed by atoms with van der Waals surface area (Å²) in [5.41, 5.74) is 5.25. The van der Waals surface area contributed by atoms with E-state index >= 15 is 0 Å². The van der Waals surface area contributed by atoms with Gasteiger partial charge in [-0.2, -0.15) is 0 Å². The highest BCUT2D eigenvalue weighted by molar-refractivity contribution is 5.83. The molecule has 0 aromatic carbocycles. The highest BCUT2D eigenvalue weighted by Crippen LogP contribution is 2.30. The van der Waals surface area contributed by atoms with Gasteiger partial charge >= 0.3 is 0 Å². The first kappa shape index (κ1) is 9.52. The Balaban J connectivity index is 2.44. The Morgan fingerprint density at radius 3 is 2.67 bits per heavy atom. The molecule has 0 aliphatic carbocycles. The van der Waals surface area contributed by atoms with Crippen LogP contribution in [-0.4, -0.2) is 30.4 Å². The maximum atomic E-state index is 11.6. The molecule has 1 heterocycles. The van der Waals surface area contributed by atoms with Crippen LogP contribution >= 0.6 is 0 Å². The summed E-state index contributed by atoms with van der Waals surface area (Å²) < 4.78 is 0. The number of hydrogen-bond donors (Lipinski definition) is 1. The first-order valence-corrected chi connectivity index (χ1v) is 4.57. The molecule has 0 radical (unpaired) electrons. The molecule has 0 atom stereocenters. The highest BCUT2D eigenvalue weighted by atomic mass is 16.2. The minimum atomic E-state index is -0.130. The Labute approximate surface area is 73.9 Å². The minimum Gasteiger partial charge on any atom is -0.342 e. The SMILES string of the molecule is CC1(C)CCN(CCCN)C1=O. The van der Waals surface area contributed by atoms with Gasteiger partial charge in [0.2, 0.25) is 5.91 Å². The molecule has 1 fully saturated rings. The largest absolute Gasteiger partial charge is 0.342 e. The normalized spacial score (nSPS) is 21.9. The van der Waals surface area contributed by atoms with Crippen molar-refractivity contribution in [3.8, 4) is 0 Å². The Morgan fingerprint density at radius 2 is 2.25 bits per heavy atom. The summed E-state index contributed by atoms with van der Waals surface area (Å²) in [7, 11) is 0. The molecular formula is C9H18N2O. The molecule has 70 valence electrons. The lowest BCUT2D eigenvalue weighted by molar-refractivity contribution is -0.134. The molecule has 12 heavy (non-hydrogen) atoms. The van der Waals surface area contributed by atoms with Gasteiger partial charge in [-0.15, -0.1) is 0 Å². The van der Waals surface area contributed by atoms with Gasteiger partial charge in [-0.1, -0.05) is 13.8 Å². The van der Waals surface area contributed by atoms with E-state index in [2.05, 4.69) is 0 Å². The zero-order valence-corrected chi connectivity index (χ0v) is 7.97. The number of likely N-dealkylation sites (tertiary alicyclic amines) is 1. The topological polar surface area (TPSA) is 46.3 Å². The van der Waals surface area contributed by atoms with Crippen LogP contribution in [0.3, 0.4) is 0 Å². The second kappa shape index (κ2) is 3.44. The molecular weight excluding hydrogens is 152 g/mol. The van der Waals surface area contributed by atoms with Crippen LogP contribution in [0.1, 0.15) is 26.7 Å². The monoisotopic (exact) mass is 170 g/mol. The summed E-state index contributed by atoms with van der Waals surface area (Å²) in [5, 5.41) is 0. The molecule has 2 N–H and O–H groups in total. The van der Waals surface area contributed by atoms with Gasteiger partial charge in [0, 0.05) is 18.5 Å². The molecule has 0 aromatic heterocycles. The number of carbonyl (C=O) groups is 1. The van der Waals surface area contributed by atoms with Gasteiger partial charge in [0.1, 0.15) is 0 Å². The van der Waals surface area contributed by atoms with Crippen LogP contribution in [0.2, 0.25) is 0 Å². The van der Waals surface area contributed by atoms with Crippen molar-refractivity contribution in [2.24, 2.45) is 11.1 Å². The fourth-order valence-corrected chi connectivity index (χ4v) is 1.55. The Bertz CT molecular complexity index is 177. The third-order valence-electron chi connectivity index (χ3n) is 2.51. The minimum absolute atomic E-state index is 0.130. The fraction of sp³-hybridized carbons (Fsp3) is 0.889. The number of nitrogens with two attached hydrogens (primary N) is 1. The van der Waals surface area contributed by atoms with Crippen molar-refractivity contribution in [2.75, 3.05) is 19.6 Å². The zero-order valence-electron chi connectivity index (χ0n) is 7.97. The van der Waals surface area contributed by atoms with E-state index in [0.717, 1.165) is 25.9 Å². The van der Waals surface area contributed by atoms with Crippen molar-refractivity contribution in [2.45, 2.75) is 26.7 Å². The lowest BCUT2D eigenvalue weighted by Crippen LogP contribution is -2.32. The van der Waals surface area contributed by atoms with E-state index in [0.29, 0.717) is 6.54 Å². The van der Waals surface area contributed by atoms with Crippen LogP contribution < -0.4 is 5.73 Å². The molecule has 0 aromatic rings.